The lowest BCUT2D eigenvalue weighted by Crippen LogP contribution is -2.80. The fraction of sp³-hybridized carbons (Fsp3) is 0.381. The fourth-order valence-electron chi connectivity index (χ4n) is 3.97. The number of aliphatic carboxylic acids is 2. The second-order valence-corrected chi connectivity index (χ2v) is 10.1. The third kappa shape index (κ3) is 5.12. The monoisotopic (exact) mass is 549 g/mol. The molecule has 37 heavy (non-hydrogen) atoms. The van der Waals surface area contributed by atoms with Gasteiger partial charge in [-0.3, -0.25) is 19.3 Å². The topological polar surface area (TPSA) is 203 Å². The van der Waals surface area contributed by atoms with E-state index in [0.717, 1.165) is 16.7 Å². The number of nitrogens with one attached hydrogen (secondary N) is 1. The molecule has 0 radical (unpaired) electrons. The van der Waals surface area contributed by atoms with Crippen molar-refractivity contribution in [2.45, 2.75) is 35.6 Å². The maximum Gasteiger partial charge on any atom is 0.352 e. The Morgan fingerprint density at radius 3 is 2.76 bits per heavy atom. The quantitative estimate of drug-likeness (QED) is 0.124. The molecular formula is C21H23N7O7S2. The van der Waals surface area contributed by atoms with E-state index in [1.165, 1.54) is 23.6 Å². The minimum Gasteiger partial charge on any atom is -0.481 e. The van der Waals surface area contributed by atoms with Crippen LogP contribution in [0.4, 0.5) is 5.69 Å². The number of carbonyl (C=O) groups is 4. The summed E-state index contributed by atoms with van der Waals surface area (Å²) in [6, 6.07) is 6.85. The highest BCUT2D eigenvalue weighted by Gasteiger charge is 2.66. The van der Waals surface area contributed by atoms with Crippen molar-refractivity contribution in [3.63, 3.8) is 0 Å². The smallest absolute Gasteiger partial charge is 0.352 e. The summed E-state index contributed by atoms with van der Waals surface area (Å²) in [6.07, 6.45) is -0.258. The number of fused-ring (bicyclic) bond motifs is 1. The molecule has 4 rings (SSSR count). The van der Waals surface area contributed by atoms with Gasteiger partial charge in [0.2, 0.25) is 11.1 Å². The first kappa shape index (κ1) is 26.4. The third-order valence-electron chi connectivity index (χ3n) is 5.78. The second-order valence-electron chi connectivity index (χ2n) is 8.08. The lowest BCUT2D eigenvalue weighted by Gasteiger charge is -2.55. The molecule has 0 bridgehead atoms. The number of nitrogens with zero attached hydrogens (tertiary/aromatic N) is 5. The van der Waals surface area contributed by atoms with Crippen LogP contribution in [0.25, 0.3) is 0 Å². The first-order valence-corrected chi connectivity index (χ1v) is 12.9. The molecule has 16 heteroatoms. The molecule has 0 aliphatic carbocycles. The largest absolute Gasteiger partial charge is 0.481 e. The average molecular weight is 550 g/mol. The minimum atomic E-state index is -1.72. The lowest BCUT2D eigenvalue weighted by molar-refractivity contribution is -0.192. The zero-order chi connectivity index (χ0) is 26.7. The molecule has 2 aliphatic rings. The number of aryl methyl sites for hydroxylation is 1. The van der Waals surface area contributed by atoms with E-state index in [1.807, 2.05) is 0 Å². The van der Waals surface area contributed by atoms with E-state index in [0.29, 0.717) is 22.0 Å². The van der Waals surface area contributed by atoms with Crippen molar-refractivity contribution < 1.29 is 34.1 Å². The molecule has 0 saturated carbocycles. The number of β-lactam (4-membered cyclic amide) rings is 1. The zero-order valence-corrected chi connectivity index (χ0v) is 21.1. The molecule has 2 aromatic rings. The summed E-state index contributed by atoms with van der Waals surface area (Å²) in [5.41, 5.74) is 5.47. The van der Waals surface area contributed by atoms with Gasteiger partial charge < -0.3 is 26.0 Å². The van der Waals surface area contributed by atoms with Gasteiger partial charge in [0.15, 0.2) is 0 Å². The van der Waals surface area contributed by atoms with Crippen LogP contribution < -0.4 is 11.1 Å². The van der Waals surface area contributed by atoms with Gasteiger partial charge in [0, 0.05) is 24.3 Å². The number of para-hydroxylation sites is 1. The Bertz CT molecular complexity index is 1280. The van der Waals surface area contributed by atoms with Crippen molar-refractivity contribution in [2.24, 2.45) is 0 Å². The Morgan fingerprint density at radius 2 is 2.08 bits per heavy atom. The number of carboxylic acid groups (broad SMARTS) is 2. The number of thioether (sulfide) groups is 2. The highest BCUT2D eigenvalue weighted by molar-refractivity contribution is 8.01. The summed E-state index contributed by atoms with van der Waals surface area (Å²) in [4.78, 5) is 50.2. The molecule has 2 aliphatic heterocycles. The van der Waals surface area contributed by atoms with E-state index in [1.54, 1.807) is 24.3 Å². The van der Waals surface area contributed by atoms with Crippen molar-refractivity contribution in [1.29, 1.82) is 0 Å². The van der Waals surface area contributed by atoms with Crippen molar-refractivity contribution in [3.05, 3.63) is 41.1 Å². The highest BCUT2D eigenvalue weighted by Crippen LogP contribution is 2.47. The number of rotatable bonds is 11. The van der Waals surface area contributed by atoms with Crippen LogP contribution in [0.3, 0.4) is 0 Å². The van der Waals surface area contributed by atoms with Gasteiger partial charge in [-0.25, -0.2) is 9.48 Å². The van der Waals surface area contributed by atoms with Gasteiger partial charge in [-0.1, -0.05) is 30.0 Å². The number of hydrogen-bond acceptors (Lipinski definition) is 11. The summed E-state index contributed by atoms with van der Waals surface area (Å²) >= 11 is 2.38. The predicted octanol–water partition coefficient (Wildman–Crippen LogP) is -0.222. The van der Waals surface area contributed by atoms with Crippen molar-refractivity contribution in [3.8, 4) is 0 Å². The van der Waals surface area contributed by atoms with Crippen LogP contribution in [0.5, 0.6) is 0 Å². The number of carbonyl (C=O) groups excluding carboxylic acids is 2. The summed E-state index contributed by atoms with van der Waals surface area (Å²) in [5, 5.41) is 32.1. The normalized spacial score (nSPS) is 20.8. The molecule has 1 saturated heterocycles. The molecular weight excluding hydrogens is 526 g/mol. The number of nitrogens with two attached hydrogens (primary N) is 1. The van der Waals surface area contributed by atoms with Crippen molar-refractivity contribution in [2.75, 3.05) is 24.3 Å². The first-order chi connectivity index (χ1) is 17.7. The van der Waals surface area contributed by atoms with Crippen LogP contribution in [0.1, 0.15) is 12.0 Å². The number of nitrogen functional groups attached to an aromatic ring is 1. The summed E-state index contributed by atoms with van der Waals surface area (Å²) < 4.78 is 6.78. The molecule has 0 unspecified atom stereocenters. The van der Waals surface area contributed by atoms with E-state index < -0.39 is 34.9 Å². The molecule has 1 aromatic heterocycles. The molecule has 3 heterocycles. The van der Waals surface area contributed by atoms with Gasteiger partial charge in [-0.15, -0.1) is 16.9 Å². The number of hydrogen-bond donors (Lipinski definition) is 4. The second kappa shape index (κ2) is 10.8. The Morgan fingerprint density at radius 1 is 1.32 bits per heavy atom. The van der Waals surface area contributed by atoms with Gasteiger partial charge >= 0.3 is 11.9 Å². The molecule has 2 amide bonds. The van der Waals surface area contributed by atoms with Gasteiger partial charge in [0.25, 0.3) is 11.6 Å². The van der Waals surface area contributed by atoms with Gasteiger partial charge in [-0.05, 0) is 27.6 Å². The third-order valence-corrected chi connectivity index (χ3v) is 8.19. The predicted molar refractivity (Wildman–Crippen MR) is 131 cm³/mol. The minimum absolute atomic E-state index is 0.0572. The standard InChI is InChI=1S/C21H23N7O7S2/c1-35-21(23-14(29)8-11-4-2-3-5-13(11)22)18(34)28-16(17(32)33)12(9-36-19(21)28)10-37-20-24-25-26-27(20)7-6-15(30)31/h2-5,19H,6-10,22H2,1H3,(H,23,29)(H,30,31)(H,32,33)/t19-,21+/m1/s1. The fourth-order valence-corrected chi connectivity index (χ4v) is 6.45. The van der Waals surface area contributed by atoms with Gasteiger partial charge in [0.05, 0.1) is 19.4 Å². The number of tetrazole rings is 1. The molecule has 5 N–H and O–H groups in total. The van der Waals surface area contributed by atoms with Crippen LogP contribution >= 0.6 is 23.5 Å². The molecule has 14 nitrogen and oxygen atoms in total. The summed E-state index contributed by atoms with van der Waals surface area (Å²) in [6.45, 7) is 0.0572. The SMILES string of the molecule is CO[C@@]1(NC(=O)Cc2ccccc2N)C(=O)N2C(C(=O)O)=C(CSc3nnnn3CCC(=O)O)CS[C@@H]21. The lowest BCUT2D eigenvalue weighted by atomic mass is 9.97. The van der Waals surface area contributed by atoms with Crippen molar-refractivity contribution in [1.82, 2.24) is 30.4 Å². The number of benzene rings is 1. The van der Waals surface area contributed by atoms with Gasteiger partial charge in [-0.2, -0.15) is 0 Å². The Labute approximate surface area is 218 Å². The Balaban J connectivity index is 1.49. The van der Waals surface area contributed by atoms with E-state index in [9.17, 15) is 24.3 Å². The molecule has 1 fully saturated rings. The number of ether oxygens (including phenoxy) is 1. The van der Waals surface area contributed by atoms with E-state index in [4.69, 9.17) is 15.6 Å². The molecule has 196 valence electrons. The highest BCUT2D eigenvalue weighted by atomic mass is 32.2. The number of carboxylic acids is 2. The van der Waals surface area contributed by atoms with Gasteiger partial charge in [0.1, 0.15) is 11.1 Å². The van der Waals surface area contributed by atoms with E-state index in [-0.39, 0.29) is 36.6 Å². The van der Waals surface area contributed by atoms with E-state index >= 15 is 0 Å². The number of amides is 2. The first-order valence-electron chi connectivity index (χ1n) is 10.9. The van der Waals surface area contributed by atoms with Crippen molar-refractivity contribution >= 4 is 53.0 Å². The van der Waals surface area contributed by atoms with E-state index in [2.05, 4.69) is 20.8 Å². The van der Waals surface area contributed by atoms with Crippen LogP contribution in [0.2, 0.25) is 0 Å². The maximum absolute atomic E-state index is 13.3. The maximum atomic E-state index is 13.3. The number of anilines is 1. The summed E-state index contributed by atoms with van der Waals surface area (Å²) in [7, 11) is 1.28. The number of methoxy groups -OCH3 is 1. The van der Waals surface area contributed by atoms with Crippen LogP contribution in [-0.2, 0) is 36.9 Å². The Hall–Kier alpha value is -3.63. The Kier molecular flexibility index (Phi) is 7.70. The van der Waals surface area contributed by atoms with Crippen LogP contribution in [0.15, 0.2) is 40.7 Å². The van der Waals surface area contributed by atoms with Crippen LogP contribution in [0, 0.1) is 0 Å². The zero-order valence-electron chi connectivity index (χ0n) is 19.5. The molecule has 0 spiro atoms. The van der Waals surface area contributed by atoms with Crippen LogP contribution in [-0.4, -0.2) is 88.8 Å². The molecule has 1 aromatic carbocycles. The molecule has 2 atom stereocenters. The summed E-state index contributed by atoms with van der Waals surface area (Å²) in [5.74, 6) is -3.11. The number of aromatic nitrogens is 4. The average Bonchev–Trinajstić information content (AvgIpc) is 3.32.